The zero-order valence-electron chi connectivity index (χ0n) is 17.9. The third kappa shape index (κ3) is 3.79. The van der Waals surface area contributed by atoms with Crippen LogP contribution in [0, 0.1) is 24.2 Å². The summed E-state index contributed by atoms with van der Waals surface area (Å²) in [6.45, 7) is 6.37. The zero-order valence-corrected chi connectivity index (χ0v) is 17.9. The Balaban J connectivity index is 1.24. The number of hydrogen-bond donors (Lipinski definition) is 2. The number of nitrogens with zero attached hydrogens (tertiary/aromatic N) is 2. The van der Waals surface area contributed by atoms with Gasteiger partial charge in [-0.2, -0.15) is 0 Å². The van der Waals surface area contributed by atoms with E-state index < -0.39 is 5.60 Å². The zero-order chi connectivity index (χ0) is 20.2. The molecule has 4 bridgehead atoms. The molecule has 1 aliphatic heterocycles. The maximum absolute atomic E-state index is 13.0. The lowest BCUT2D eigenvalue weighted by Gasteiger charge is -2.60. The highest BCUT2D eigenvalue weighted by atomic mass is 16.3. The van der Waals surface area contributed by atoms with Gasteiger partial charge in [-0.3, -0.25) is 4.79 Å². The number of piperazine rings is 1. The number of aliphatic hydroxyl groups is 1. The molecule has 1 aromatic rings. The molecule has 2 atom stereocenters. The van der Waals surface area contributed by atoms with Gasteiger partial charge in [-0.25, -0.2) is 0 Å². The summed E-state index contributed by atoms with van der Waals surface area (Å²) < 4.78 is 0. The van der Waals surface area contributed by atoms with Crippen molar-refractivity contribution in [1.29, 1.82) is 0 Å². The van der Waals surface area contributed by atoms with Gasteiger partial charge in [0.15, 0.2) is 0 Å². The van der Waals surface area contributed by atoms with E-state index in [4.69, 9.17) is 0 Å². The van der Waals surface area contributed by atoms with E-state index in [1.54, 1.807) is 0 Å². The van der Waals surface area contributed by atoms with Crippen LogP contribution in [-0.4, -0.2) is 54.7 Å². The van der Waals surface area contributed by atoms with Gasteiger partial charge in [-0.05, 0) is 93.5 Å². The van der Waals surface area contributed by atoms with Crippen molar-refractivity contribution < 1.29 is 9.90 Å². The molecule has 5 aliphatic rings. The van der Waals surface area contributed by atoms with E-state index in [9.17, 15) is 9.90 Å². The Morgan fingerprint density at radius 2 is 1.83 bits per heavy atom. The second-order valence-corrected chi connectivity index (χ2v) is 10.7. The van der Waals surface area contributed by atoms with E-state index in [0.29, 0.717) is 18.3 Å². The maximum Gasteiger partial charge on any atom is 0.224 e. The highest BCUT2D eigenvalue weighted by Gasteiger charge is 2.57. The van der Waals surface area contributed by atoms with E-state index >= 15 is 0 Å². The fraction of sp³-hybridized carbons (Fsp3) is 0.708. The minimum Gasteiger partial charge on any atom is -0.390 e. The Bertz CT molecular complexity index is 785. The van der Waals surface area contributed by atoms with Crippen LogP contribution in [-0.2, 0) is 4.79 Å². The SMILES string of the molecule is Cc1cc(N2CCN(C)CC2)ccc1NC(=O)CC12CC3CC(CC(O)(C3)C1)C2. The van der Waals surface area contributed by atoms with Crippen molar-refractivity contribution in [1.82, 2.24) is 4.90 Å². The third-order valence-electron chi connectivity index (χ3n) is 8.04. The van der Waals surface area contributed by atoms with Crippen molar-refractivity contribution in [3.05, 3.63) is 23.8 Å². The number of rotatable bonds is 4. The predicted octanol–water partition coefficient (Wildman–Crippen LogP) is 3.41. The number of carbonyl (C=O) groups excluding carboxylic acids is 1. The Hall–Kier alpha value is -1.59. The highest BCUT2D eigenvalue weighted by Crippen LogP contribution is 2.62. The average molecular weight is 398 g/mol. The molecule has 29 heavy (non-hydrogen) atoms. The topological polar surface area (TPSA) is 55.8 Å². The van der Waals surface area contributed by atoms with Crippen molar-refractivity contribution in [3.8, 4) is 0 Å². The van der Waals surface area contributed by atoms with E-state index in [0.717, 1.165) is 69.5 Å². The van der Waals surface area contributed by atoms with E-state index in [1.165, 1.54) is 12.1 Å². The van der Waals surface area contributed by atoms with Gasteiger partial charge in [0.05, 0.1) is 5.60 Å². The lowest BCUT2D eigenvalue weighted by atomic mass is 9.47. The molecule has 1 saturated heterocycles. The number of carbonyl (C=O) groups is 1. The van der Waals surface area contributed by atoms with Crippen LogP contribution in [0.2, 0.25) is 0 Å². The molecule has 0 spiro atoms. The molecule has 1 aromatic carbocycles. The standard InChI is InChI=1S/C24H35N3O2/c1-17-9-20(27-7-5-26(2)6-8-27)3-4-21(17)25-22(28)15-23-11-18-10-19(12-23)14-24(29,13-18)16-23/h3-4,9,18-19,29H,5-8,10-16H2,1-2H3,(H,25,28). The minimum atomic E-state index is -0.496. The van der Waals surface area contributed by atoms with Crippen LogP contribution in [0.25, 0.3) is 0 Å². The Kier molecular flexibility index (Phi) is 4.67. The van der Waals surface area contributed by atoms with Crippen molar-refractivity contribution in [2.24, 2.45) is 17.3 Å². The molecule has 2 unspecified atom stereocenters. The number of anilines is 2. The van der Waals surface area contributed by atoms with Gasteiger partial charge in [0.2, 0.25) is 5.91 Å². The molecule has 1 amide bonds. The first kappa shape index (κ1) is 19.4. The van der Waals surface area contributed by atoms with E-state index in [2.05, 4.69) is 47.3 Å². The summed E-state index contributed by atoms with van der Waals surface area (Å²) in [6, 6.07) is 6.41. The van der Waals surface area contributed by atoms with Gasteiger partial charge in [0, 0.05) is 44.0 Å². The van der Waals surface area contributed by atoms with Gasteiger partial charge >= 0.3 is 0 Å². The number of aryl methyl sites for hydroxylation is 1. The van der Waals surface area contributed by atoms with Gasteiger partial charge in [0.1, 0.15) is 0 Å². The molecule has 2 N–H and O–H groups in total. The number of nitrogens with one attached hydrogen (secondary N) is 1. The quantitative estimate of drug-likeness (QED) is 0.818. The maximum atomic E-state index is 13.0. The molecule has 1 heterocycles. The van der Waals surface area contributed by atoms with Gasteiger partial charge in [-0.15, -0.1) is 0 Å². The van der Waals surface area contributed by atoms with Crippen molar-refractivity contribution in [2.45, 2.75) is 57.5 Å². The van der Waals surface area contributed by atoms with Crippen molar-refractivity contribution >= 4 is 17.3 Å². The summed E-state index contributed by atoms with van der Waals surface area (Å²) in [5.41, 5.74) is 2.83. The highest BCUT2D eigenvalue weighted by molar-refractivity contribution is 5.92. The molecule has 5 nitrogen and oxygen atoms in total. The van der Waals surface area contributed by atoms with Gasteiger partial charge in [-0.1, -0.05) is 0 Å². The van der Waals surface area contributed by atoms with Gasteiger partial charge < -0.3 is 20.2 Å². The third-order valence-corrected chi connectivity index (χ3v) is 8.04. The summed E-state index contributed by atoms with van der Waals surface area (Å²) in [6.07, 6.45) is 6.81. The van der Waals surface area contributed by atoms with Crippen LogP contribution in [0.4, 0.5) is 11.4 Å². The molecular weight excluding hydrogens is 362 g/mol. The average Bonchev–Trinajstić information content (AvgIpc) is 2.61. The van der Waals surface area contributed by atoms with Crippen LogP contribution in [0.5, 0.6) is 0 Å². The summed E-state index contributed by atoms with van der Waals surface area (Å²) in [5, 5.41) is 14.1. The molecule has 5 fully saturated rings. The Morgan fingerprint density at radius 1 is 1.14 bits per heavy atom. The molecule has 0 aromatic heterocycles. The van der Waals surface area contributed by atoms with Crippen molar-refractivity contribution in [2.75, 3.05) is 43.4 Å². The number of benzene rings is 1. The second kappa shape index (κ2) is 6.98. The van der Waals surface area contributed by atoms with Crippen LogP contribution < -0.4 is 10.2 Å². The first-order valence-corrected chi connectivity index (χ1v) is 11.4. The monoisotopic (exact) mass is 397 g/mol. The second-order valence-electron chi connectivity index (χ2n) is 10.7. The normalized spacial score (nSPS) is 36.4. The molecule has 4 saturated carbocycles. The van der Waals surface area contributed by atoms with Crippen LogP contribution in [0.1, 0.15) is 50.5 Å². The van der Waals surface area contributed by atoms with Crippen LogP contribution in [0.15, 0.2) is 18.2 Å². The van der Waals surface area contributed by atoms with E-state index in [1.807, 2.05) is 0 Å². The fourth-order valence-corrected chi connectivity index (χ4v) is 7.19. The molecule has 5 heteroatoms. The van der Waals surface area contributed by atoms with Crippen molar-refractivity contribution in [3.63, 3.8) is 0 Å². The van der Waals surface area contributed by atoms with Gasteiger partial charge in [0.25, 0.3) is 0 Å². The van der Waals surface area contributed by atoms with Crippen LogP contribution >= 0.6 is 0 Å². The number of hydrogen-bond acceptors (Lipinski definition) is 4. The summed E-state index contributed by atoms with van der Waals surface area (Å²) >= 11 is 0. The molecular formula is C24H35N3O2. The van der Waals surface area contributed by atoms with Crippen LogP contribution in [0.3, 0.4) is 0 Å². The summed E-state index contributed by atoms with van der Waals surface area (Å²) in [7, 11) is 2.17. The summed E-state index contributed by atoms with van der Waals surface area (Å²) in [5.74, 6) is 1.36. The lowest BCUT2D eigenvalue weighted by Crippen LogP contribution is -2.56. The minimum absolute atomic E-state index is 0.0244. The number of amides is 1. The predicted molar refractivity (Wildman–Crippen MR) is 116 cm³/mol. The largest absolute Gasteiger partial charge is 0.390 e. The first-order valence-electron chi connectivity index (χ1n) is 11.4. The molecule has 0 radical (unpaired) electrons. The molecule has 4 aliphatic carbocycles. The fourth-order valence-electron chi connectivity index (χ4n) is 7.19. The smallest absolute Gasteiger partial charge is 0.224 e. The Morgan fingerprint density at radius 3 is 2.45 bits per heavy atom. The number of likely N-dealkylation sites (N-methyl/N-ethyl adjacent to an activating group) is 1. The molecule has 6 rings (SSSR count). The molecule has 158 valence electrons. The Labute approximate surface area is 174 Å². The lowest BCUT2D eigenvalue weighted by molar-refractivity contribution is -0.167. The summed E-state index contributed by atoms with van der Waals surface area (Å²) in [4.78, 5) is 17.8. The first-order chi connectivity index (χ1) is 13.8. The van der Waals surface area contributed by atoms with E-state index in [-0.39, 0.29) is 11.3 Å².